The molecular formula is C13H18BrNO4. The van der Waals surface area contributed by atoms with Crippen LogP contribution in [0, 0.1) is 5.41 Å². The number of halogens is 1. The minimum atomic E-state index is -0.893. The zero-order valence-corrected chi connectivity index (χ0v) is 12.9. The van der Waals surface area contributed by atoms with Crippen LogP contribution in [0.25, 0.3) is 0 Å². The molecule has 0 unspecified atom stereocenters. The second kappa shape index (κ2) is 5.79. The molecule has 0 saturated heterocycles. The monoisotopic (exact) mass is 331 g/mol. The third-order valence-corrected chi connectivity index (χ3v) is 3.72. The van der Waals surface area contributed by atoms with Crippen LogP contribution in [0.15, 0.2) is 16.6 Å². The van der Waals surface area contributed by atoms with Crippen molar-refractivity contribution >= 4 is 21.9 Å². The molecule has 5 nitrogen and oxygen atoms in total. The Hall–Kier alpha value is -1.27. The number of methoxy groups -OCH3 is 2. The lowest BCUT2D eigenvalue weighted by molar-refractivity contribution is -0.152. The van der Waals surface area contributed by atoms with Crippen LogP contribution in [-0.4, -0.2) is 25.3 Å². The molecule has 0 aliphatic heterocycles. The second-order valence-corrected chi connectivity index (χ2v) is 5.60. The zero-order chi connectivity index (χ0) is 14.8. The van der Waals surface area contributed by atoms with Crippen LogP contribution in [-0.2, 0) is 9.53 Å². The lowest BCUT2D eigenvalue weighted by atomic mass is 9.81. The van der Waals surface area contributed by atoms with Crippen molar-refractivity contribution in [3.05, 3.63) is 22.2 Å². The van der Waals surface area contributed by atoms with Gasteiger partial charge in [0.15, 0.2) is 11.5 Å². The van der Waals surface area contributed by atoms with Crippen LogP contribution in [0.2, 0.25) is 0 Å². The molecule has 6 heteroatoms. The van der Waals surface area contributed by atoms with Crippen molar-refractivity contribution in [1.29, 1.82) is 0 Å². The van der Waals surface area contributed by atoms with Gasteiger partial charge in [0.25, 0.3) is 0 Å². The molecule has 0 bridgehead atoms. The topological polar surface area (TPSA) is 81.8 Å². The van der Waals surface area contributed by atoms with Crippen LogP contribution in [0.5, 0.6) is 11.5 Å². The number of nitrogens with two attached hydrogens (primary N) is 1. The van der Waals surface area contributed by atoms with E-state index in [0.717, 1.165) is 0 Å². The standard InChI is InChI=1S/C13H18BrNO4/c1-13(2,12(17)19-4)11(15)7-5-8(14)10(16)9(6-7)18-3/h5-6,11,16H,15H2,1-4H3/t11-/m1/s1. The van der Waals surface area contributed by atoms with E-state index >= 15 is 0 Å². The SMILES string of the molecule is COC(=O)C(C)(C)[C@H](N)c1cc(Br)c(O)c(OC)c1. The summed E-state index contributed by atoms with van der Waals surface area (Å²) >= 11 is 3.23. The predicted octanol–water partition coefficient (Wildman–Crippen LogP) is 2.36. The molecule has 0 saturated carbocycles. The van der Waals surface area contributed by atoms with Crippen LogP contribution < -0.4 is 10.5 Å². The molecule has 0 aliphatic carbocycles. The molecular weight excluding hydrogens is 314 g/mol. The quantitative estimate of drug-likeness (QED) is 0.827. The van der Waals surface area contributed by atoms with Gasteiger partial charge in [-0.2, -0.15) is 0 Å². The Bertz CT molecular complexity index is 488. The van der Waals surface area contributed by atoms with Crippen molar-refractivity contribution in [3.8, 4) is 11.5 Å². The van der Waals surface area contributed by atoms with Gasteiger partial charge in [-0.15, -0.1) is 0 Å². The third kappa shape index (κ3) is 3.01. The van der Waals surface area contributed by atoms with Gasteiger partial charge in [0.2, 0.25) is 0 Å². The fourth-order valence-electron chi connectivity index (χ4n) is 1.74. The molecule has 1 rings (SSSR count). The summed E-state index contributed by atoms with van der Waals surface area (Å²) in [6.07, 6.45) is 0. The molecule has 0 aliphatic rings. The van der Waals surface area contributed by atoms with E-state index in [1.165, 1.54) is 14.2 Å². The zero-order valence-electron chi connectivity index (χ0n) is 11.4. The summed E-state index contributed by atoms with van der Waals surface area (Å²) in [4.78, 5) is 11.8. The highest BCUT2D eigenvalue weighted by Crippen LogP contribution is 2.40. The van der Waals surface area contributed by atoms with E-state index in [9.17, 15) is 9.90 Å². The Balaban J connectivity index is 3.23. The number of carbonyl (C=O) groups excluding carboxylic acids is 1. The van der Waals surface area contributed by atoms with Crippen molar-refractivity contribution in [2.45, 2.75) is 19.9 Å². The van der Waals surface area contributed by atoms with Crippen molar-refractivity contribution in [2.24, 2.45) is 11.1 Å². The van der Waals surface area contributed by atoms with Gasteiger partial charge < -0.3 is 20.3 Å². The summed E-state index contributed by atoms with van der Waals surface area (Å²) < 4.78 is 10.3. The van der Waals surface area contributed by atoms with Crippen LogP contribution in [0.4, 0.5) is 0 Å². The first-order valence-electron chi connectivity index (χ1n) is 5.66. The van der Waals surface area contributed by atoms with Gasteiger partial charge in [-0.05, 0) is 47.5 Å². The summed E-state index contributed by atoms with van der Waals surface area (Å²) in [5.41, 5.74) is 5.90. The summed E-state index contributed by atoms with van der Waals surface area (Å²) in [6.45, 7) is 3.41. The molecule has 1 aromatic carbocycles. The molecule has 0 heterocycles. The number of phenols is 1. The van der Waals surface area contributed by atoms with Gasteiger partial charge in [0.1, 0.15) is 0 Å². The van der Waals surface area contributed by atoms with E-state index in [4.69, 9.17) is 15.2 Å². The Kier molecular flexibility index (Phi) is 4.81. The predicted molar refractivity (Wildman–Crippen MR) is 75.1 cm³/mol. The lowest BCUT2D eigenvalue weighted by Gasteiger charge is -2.29. The minimum Gasteiger partial charge on any atom is -0.503 e. The summed E-state index contributed by atoms with van der Waals surface area (Å²) in [7, 11) is 2.77. The maximum Gasteiger partial charge on any atom is 0.313 e. The van der Waals surface area contributed by atoms with Gasteiger partial charge in [-0.1, -0.05) is 0 Å². The molecule has 0 radical (unpaired) electrons. The molecule has 19 heavy (non-hydrogen) atoms. The van der Waals surface area contributed by atoms with Gasteiger partial charge >= 0.3 is 5.97 Å². The minimum absolute atomic E-state index is 0.00526. The van der Waals surface area contributed by atoms with E-state index in [0.29, 0.717) is 15.8 Å². The van der Waals surface area contributed by atoms with Crippen molar-refractivity contribution in [3.63, 3.8) is 0 Å². The van der Waals surface area contributed by atoms with Crippen molar-refractivity contribution in [2.75, 3.05) is 14.2 Å². The number of ether oxygens (including phenoxy) is 2. The molecule has 0 spiro atoms. The van der Waals surface area contributed by atoms with E-state index in [1.807, 2.05) is 0 Å². The lowest BCUT2D eigenvalue weighted by Crippen LogP contribution is -2.37. The molecule has 1 aromatic rings. The number of hydrogen-bond acceptors (Lipinski definition) is 5. The summed E-state index contributed by atoms with van der Waals surface area (Å²) in [5, 5.41) is 9.76. The van der Waals surface area contributed by atoms with Crippen LogP contribution in [0.3, 0.4) is 0 Å². The number of hydrogen-bond donors (Lipinski definition) is 2. The first-order chi connectivity index (χ1) is 8.75. The summed E-state index contributed by atoms with van der Waals surface area (Å²) in [5.74, 6) is -0.113. The van der Waals surface area contributed by atoms with Gasteiger partial charge in [-0.25, -0.2) is 0 Å². The van der Waals surface area contributed by atoms with Gasteiger partial charge in [0, 0.05) is 6.04 Å². The Morgan fingerprint density at radius 2 is 2.00 bits per heavy atom. The molecule has 0 fully saturated rings. The number of benzene rings is 1. The Morgan fingerprint density at radius 3 is 2.47 bits per heavy atom. The molecule has 106 valence electrons. The average Bonchev–Trinajstić information content (AvgIpc) is 2.39. The van der Waals surface area contributed by atoms with E-state index in [1.54, 1.807) is 26.0 Å². The molecule has 0 amide bonds. The largest absolute Gasteiger partial charge is 0.503 e. The fraction of sp³-hybridized carbons (Fsp3) is 0.462. The number of esters is 1. The van der Waals surface area contributed by atoms with Gasteiger partial charge in [0.05, 0.1) is 24.1 Å². The van der Waals surface area contributed by atoms with E-state index in [2.05, 4.69) is 15.9 Å². The second-order valence-electron chi connectivity index (χ2n) is 4.74. The first-order valence-corrected chi connectivity index (χ1v) is 6.45. The highest BCUT2D eigenvalue weighted by Gasteiger charge is 2.37. The number of aromatic hydroxyl groups is 1. The molecule has 0 aromatic heterocycles. The fourth-order valence-corrected chi connectivity index (χ4v) is 2.20. The smallest absolute Gasteiger partial charge is 0.313 e. The van der Waals surface area contributed by atoms with Gasteiger partial charge in [-0.3, -0.25) is 4.79 Å². The Morgan fingerprint density at radius 1 is 1.42 bits per heavy atom. The van der Waals surface area contributed by atoms with E-state index in [-0.39, 0.29) is 5.75 Å². The molecule has 1 atom stereocenters. The van der Waals surface area contributed by atoms with E-state index < -0.39 is 17.4 Å². The number of rotatable bonds is 4. The highest BCUT2D eigenvalue weighted by atomic mass is 79.9. The van der Waals surface area contributed by atoms with Crippen LogP contribution in [0.1, 0.15) is 25.5 Å². The summed E-state index contributed by atoms with van der Waals surface area (Å²) in [6, 6.07) is 2.67. The average molecular weight is 332 g/mol. The maximum absolute atomic E-state index is 11.8. The Labute approximate surface area is 120 Å². The van der Waals surface area contributed by atoms with Crippen LogP contribution >= 0.6 is 15.9 Å². The maximum atomic E-state index is 11.8. The normalized spacial score (nSPS) is 12.9. The third-order valence-electron chi connectivity index (χ3n) is 3.12. The first kappa shape index (κ1) is 15.8. The number of phenolic OH excluding ortho intramolecular Hbond substituents is 1. The highest BCUT2D eigenvalue weighted by molar-refractivity contribution is 9.10. The van der Waals surface area contributed by atoms with Crippen molar-refractivity contribution in [1.82, 2.24) is 0 Å². The molecule has 3 N–H and O–H groups in total. The number of carbonyl (C=O) groups is 1. The van der Waals surface area contributed by atoms with Crippen molar-refractivity contribution < 1.29 is 19.4 Å².